The quantitative estimate of drug-likeness (QED) is 0.827. The molecule has 0 spiro atoms. The fourth-order valence-electron chi connectivity index (χ4n) is 2.23. The van der Waals surface area contributed by atoms with Crippen LogP contribution in [0.4, 0.5) is 0 Å². The highest BCUT2D eigenvalue weighted by Crippen LogP contribution is 2.35. The molecule has 2 aromatic rings. The van der Waals surface area contributed by atoms with Crippen molar-refractivity contribution in [3.05, 3.63) is 17.3 Å². The summed E-state index contributed by atoms with van der Waals surface area (Å²) >= 11 is 1.61. The predicted octanol–water partition coefficient (Wildman–Crippen LogP) is 1.52. The normalized spacial score (nSPS) is 25.1. The molecule has 3 rings (SSSR count). The Morgan fingerprint density at radius 1 is 1.44 bits per heavy atom. The van der Waals surface area contributed by atoms with Gasteiger partial charge in [0.2, 0.25) is 0 Å². The zero-order valence-corrected chi connectivity index (χ0v) is 9.57. The van der Waals surface area contributed by atoms with E-state index in [4.69, 9.17) is 5.73 Å². The lowest BCUT2D eigenvalue weighted by Gasteiger charge is -2.11. The zero-order valence-electron chi connectivity index (χ0n) is 8.76. The molecule has 0 aliphatic heterocycles. The molecular formula is C10H13N5S. The van der Waals surface area contributed by atoms with Gasteiger partial charge in [-0.25, -0.2) is 4.98 Å². The topological polar surface area (TPSA) is 80.5 Å². The van der Waals surface area contributed by atoms with Gasteiger partial charge in [-0.15, -0.1) is 11.3 Å². The van der Waals surface area contributed by atoms with Gasteiger partial charge in [-0.3, -0.25) is 0 Å². The van der Waals surface area contributed by atoms with E-state index in [1.54, 1.807) is 17.5 Å². The number of nitrogens with two attached hydrogens (primary N) is 1. The molecule has 1 aliphatic carbocycles. The van der Waals surface area contributed by atoms with Crippen molar-refractivity contribution < 1.29 is 0 Å². The van der Waals surface area contributed by atoms with Crippen molar-refractivity contribution in [3.63, 3.8) is 0 Å². The van der Waals surface area contributed by atoms with E-state index in [1.807, 2.05) is 0 Å². The van der Waals surface area contributed by atoms with Gasteiger partial charge < -0.3 is 5.73 Å². The summed E-state index contributed by atoms with van der Waals surface area (Å²) < 4.78 is 0. The van der Waals surface area contributed by atoms with Gasteiger partial charge in [-0.2, -0.15) is 15.4 Å². The Bertz CT molecular complexity index is 463. The summed E-state index contributed by atoms with van der Waals surface area (Å²) in [7, 11) is 0. The minimum absolute atomic E-state index is 0.271. The number of hydrogen-bond acceptors (Lipinski definition) is 5. The highest BCUT2D eigenvalue weighted by molar-refractivity contribution is 7.13. The van der Waals surface area contributed by atoms with Gasteiger partial charge in [-0.05, 0) is 12.8 Å². The first-order valence-electron chi connectivity index (χ1n) is 5.42. The average molecular weight is 235 g/mol. The third-order valence-corrected chi connectivity index (χ3v) is 3.99. The van der Waals surface area contributed by atoms with Gasteiger partial charge in [0.15, 0.2) is 0 Å². The maximum atomic E-state index is 6.07. The number of nitrogens with one attached hydrogen (secondary N) is 1. The Kier molecular flexibility index (Phi) is 2.45. The first-order valence-corrected chi connectivity index (χ1v) is 6.29. The predicted molar refractivity (Wildman–Crippen MR) is 62.1 cm³/mol. The number of hydrogen-bond donors (Lipinski definition) is 2. The summed E-state index contributed by atoms with van der Waals surface area (Å²) in [6.07, 6.45) is 5.17. The van der Waals surface area contributed by atoms with E-state index >= 15 is 0 Å². The van der Waals surface area contributed by atoms with E-state index in [1.165, 1.54) is 6.42 Å². The fourth-order valence-corrected chi connectivity index (χ4v) is 3.07. The largest absolute Gasteiger partial charge is 0.327 e. The van der Waals surface area contributed by atoms with Crippen molar-refractivity contribution in [2.24, 2.45) is 5.73 Å². The highest BCUT2D eigenvalue weighted by atomic mass is 32.1. The van der Waals surface area contributed by atoms with Gasteiger partial charge in [0, 0.05) is 17.3 Å². The van der Waals surface area contributed by atoms with Crippen LogP contribution in [0, 0.1) is 0 Å². The van der Waals surface area contributed by atoms with Crippen LogP contribution in [0.25, 0.3) is 10.7 Å². The van der Waals surface area contributed by atoms with E-state index in [2.05, 4.69) is 25.8 Å². The number of aromatic amines is 1. The molecule has 2 heterocycles. The molecule has 0 radical (unpaired) electrons. The molecule has 1 aliphatic rings. The molecule has 5 nitrogen and oxygen atoms in total. The van der Waals surface area contributed by atoms with Crippen molar-refractivity contribution in [1.82, 2.24) is 20.4 Å². The van der Waals surface area contributed by atoms with Gasteiger partial charge >= 0.3 is 0 Å². The van der Waals surface area contributed by atoms with Crippen LogP contribution < -0.4 is 5.73 Å². The lowest BCUT2D eigenvalue weighted by molar-refractivity contribution is 0.602. The monoisotopic (exact) mass is 235 g/mol. The molecule has 0 bridgehead atoms. The Labute approximate surface area is 97.1 Å². The lowest BCUT2D eigenvalue weighted by Crippen LogP contribution is -2.22. The molecule has 2 atom stereocenters. The number of rotatable bonds is 2. The smallest absolute Gasteiger partial charge is 0.145 e. The first kappa shape index (κ1) is 9.92. The van der Waals surface area contributed by atoms with Crippen LogP contribution in [0.5, 0.6) is 0 Å². The number of thiazole rings is 1. The Morgan fingerprint density at radius 3 is 3.06 bits per heavy atom. The number of nitrogens with zero attached hydrogens (tertiary/aromatic N) is 3. The van der Waals surface area contributed by atoms with E-state index in [9.17, 15) is 0 Å². The van der Waals surface area contributed by atoms with Crippen LogP contribution in [-0.2, 0) is 0 Å². The van der Waals surface area contributed by atoms with Crippen molar-refractivity contribution >= 4 is 11.3 Å². The average Bonchev–Trinajstić information content (AvgIpc) is 2.96. The second-order valence-corrected chi connectivity index (χ2v) is 4.99. The third kappa shape index (κ3) is 1.64. The molecule has 1 fully saturated rings. The summed E-state index contributed by atoms with van der Waals surface area (Å²) in [6, 6.07) is 0.271. The molecule has 3 N–H and O–H groups in total. The van der Waals surface area contributed by atoms with Gasteiger partial charge in [-0.1, -0.05) is 6.42 Å². The first-order chi connectivity index (χ1) is 7.84. The maximum Gasteiger partial charge on any atom is 0.145 e. The molecule has 84 valence electrons. The second-order valence-electron chi connectivity index (χ2n) is 4.13. The Balaban J connectivity index is 1.88. The summed E-state index contributed by atoms with van der Waals surface area (Å²) in [5.41, 5.74) is 8.00. The highest BCUT2D eigenvalue weighted by Gasteiger charge is 2.27. The van der Waals surface area contributed by atoms with E-state index in [0.717, 1.165) is 29.2 Å². The van der Waals surface area contributed by atoms with Gasteiger partial charge in [0.25, 0.3) is 0 Å². The summed E-state index contributed by atoms with van der Waals surface area (Å²) in [6.45, 7) is 0. The van der Waals surface area contributed by atoms with E-state index in [-0.39, 0.29) is 6.04 Å². The summed E-state index contributed by atoms with van der Waals surface area (Å²) in [4.78, 5) is 4.60. The number of aromatic nitrogens is 4. The van der Waals surface area contributed by atoms with Crippen molar-refractivity contribution in [1.29, 1.82) is 0 Å². The fraction of sp³-hybridized carbons (Fsp3) is 0.500. The van der Waals surface area contributed by atoms with Gasteiger partial charge in [0.05, 0.1) is 11.9 Å². The van der Waals surface area contributed by atoms with Crippen LogP contribution in [-0.4, -0.2) is 26.4 Å². The standard InChI is InChI=1S/C10H13N5S/c11-7-3-1-2-6(7)9-5-16-10(13-9)8-4-12-15-14-8/h4-7H,1-3,11H2,(H,12,14,15). The van der Waals surface area contributed by atoms with Crippen LogP contribution in [0.1, 0.15) is 30.9 Å². The Morgan fingerprint density at radius 2 is 2.38 bits per heavy atom. The maximum absolute atomic E-state index is 6.07. The van der Waals surface area contributed by atoms with Gasteiger partial charge in [0.1, 0.15) is 10.7 Å². The minimum Gasteiger partial charge on any atom is -0.327 e. The summed E-state index contributed by atoms with van der Waals surface area (Å²) in [5.74, 6) is 0.428. The number of H-pyrrole nitrogens is 1. The molecule has 2 unspecified atom stereocenters. The molecule has 1 saturated carbocycles. The van der Waals surface area contributed by atoms with Crippen molar-refractivity contribution in [2.75, 3.05) is 0 Å². The van der Waals surface area contributed by atoms with Crippen LogP contribution in [0.3, 0.4) is 0 Å². The van der Waals surface area contributed by atoms with Crippen molar-refractivity contribution in [2.45, 2.75) is 31.2 Å². The molecule has 0 saturated heterocycles. The Hall–Kier alpha value is -1.27. The van der Waals surface area contributed by atoms with E-state index in [0.29, 0.717) is 5.92 Å². The summed E-state index contributed by atoms with van der Waals surface area (Å²) in [5, 5.41) is 13.4. The lowest BCUT2D eigenvalue weighted by atomic mass is 10.0. The van der Waals surface area contributed by atoms with Crippen molar-refractivity contribution in [3.8, 4) is 10.7 Å². The SMILES string of the molecule is NC1CCCC1c1csc(-c2cn[nH]n2)n1. The molecule has 16 heavy (non-hydrogen) atoms. The zero-order chi connectivity index (χ0) is 11.0. The van der Waals surface area contributed by atoms with Crippen LogP contribution in [0.2, 0.25) is 0 Å². The minimum atomic E-state index is 0.271. The molecule has 6 heteroatoms. The third-order valence-electron chi connectivity index (χ3n) is 3.11. The molecule has 2 aromatic heterocycles. The molecule has 0 aromatic carbocycles. The molecular weight excluding hydrogens is 222 g/mol. The van der Waals surface area contributed by atoms with Crippen LogP contribution in [0.15, 0.2) is 11.6 Å². The molecule has 0 amide bonds. The van der Waals surface area contributed by atoms with E-state index < -0.39 is 0 Å². The van der Waals surface area contributed by atoms with Crippen LogP contribution >= 0.6 is 11.3 Å². The second kappa shape index (κ2) is 3.95.